The van der Waals surface area contributed by atoms with E-state index in [-0.39, 0.29) is 36.3 Å². The van der Waals surface area contributed by atoms with E-state index in [4.69, 9.17) is 9.47 Å². The average molecular weight is 291 g/mol. The van der Waals surface area contributed by atoms with Crippen LogP contribution in [0.25, 0.3) is 0 Å². The summed E-state index contributed by atoms with van der Waals surface area (Å²) in [6.07, 6.45) is -3.01. The Labute approximate surface area is 128 Å². The standard InChI is InChI=1S/2C5H10O4.Mg/c2*1-2-8-3-4-9-5(6)7;/h2*2-4H2,1H3,(H,6,7);/q;;+2/p-2. The molecule has 0 N–H and O–H groups in total. The summed E-state index contributed by atoms with van der Waals surface area (Å²) in [6, 6.07) is 0. The first kappa shape index (κ1) is 23.3. The van der Waals surface area contributed by atoms with Crippen LogP contribution in [0.5, 0.6) is 0 Å². The second-order valence-electron chi connectivity index (χ2n) is 2.59. The molecule has 8 nitrogen and oxygen atoms in total. The first-order chi connectivity index (χ1) is 8.54. The molecule has 0 bridgehead atoms. The molecule has 0 amide bonds. The Morgan fingerprint density at radius 3 is 1.32 bits per heavy atom. The molecule has 19 heavy (non-hydrogen) atoms. The number of ether oxygens (including phenoxy) is 4. The van der Waals surface area contributed by atoms with E-state index in [2.05, 4.69) is 9.47 Å². The first-order valence-electron chi connectivity index (χ1n) is 5.37. The number of hydrogen-bond donors (Lipinski definition) is 0. The van der Waals surface area contributed by atoms with Crippen molar-refractivity contribution in [2.45, 2.75) is 13.8 Å². The number of carboxylic acid groups (broad SMARTS) is 2. The third-order valence-electron chi connectivity index (χ3n) is 1.30. The van der Waals surface area contributed by atoms with Gasteiger partial charge >= 0.3 is 23.1 Å². The second kappa shape index (κ2) is 19.6. The van der Waals surface area contributed by atoms with Gasteiger partial charge in [0.15, 0.2) is 0 Å². The van der Waals surface area contributed by atoms with Crippen LogP contribution >= 0.6 is 0 Å². The minimum Gasteiger partial charge on any atom is -0.547 e. The Morgan fingerprint density at radius 2 is 1.11 bits per heavy atom. The fourth-order valence-corrected chi connectivity index (χ4v) is 0.657. The second-order valence-corrected chi connectivity index (χ2v) is 2.59. The predicted octanol–water partition coefficient (Wildman–Crippen LogP) is -1.62. The van der Waals surface area contributed by atoms with Gasteiger partial charge in [-0.1, -0.05) is 0 Å². The molecule has 0 aliphatic carbocycles. The SMILES string of the molecule is CCOCCOC(=O)[O-].CCOCCOC(=O)[O-].[Mg+2]. The van der Waals surface area contributed by atoms with Crippen LogP contribution in [0.2, 0.25) is 0 Å². The van der Waals surface area contributed by atoms with Crippen molar-refractivity contribution in [3.8, 4) is 0 Å². The number of carbonyl (C=O) groups excluding carboxylic acids is 2. The largest absolute Gasteiger partial charge is 2.00 e. The van der Waals surface area contributed by atoms with Crippen molar-refractivity contribution in [3.63, 3.8) is 0 Å². The van der Waals surface area contributed by atoms with E-state index in [9.17, 15) is 19.8 Å². The maximum atomic E-state index is 9.57. The molecule has 0 atom stereocenters. The molecule has 0 rings (SSSR count). The summed E-state index contributed by atoms with van der Waals surface area (Å²) in [4.78, 5) is 19.1. The fourth-order valence-electron chi connectivity index (χ4n) is 0.657. The predicted molar refractivity (Wildman–Crippen MR) is 61.4 cm³/mol. The van der Waals surface area contributed by atoms with Gasteiger partial charge in [0.25, 0.3) is 12.3 Å². The molecule has 0 fully saturated rings. The molecule has 0 aromatic carbocycles. The third-order valence-corrected chi connectivity index (χ3v) is 1.30. The molecule has 108 valence electrons. The van der Waals surface area contributed by atoms with Crippen LogP contribution < -0.4 is 10.2 Å². The monoisotopic (exact) mass is 290 g/mol. The number of carbonyl (C=O) groups is 2. The van der Waals surface area contributed by atoms with Gasteiger partial charge < -0.3 is 38.7 Å². The molecule has 0 aromatic heterocycles. The van der Waals surface area contributed by atoms with E-state index in [0.717, 1.165) is 0 Å². The van der Waals surface area contributed by atoms with E-state index >= 15 is 0 Å². The fraction of sp³-hybridized carbons (Fsp3) is 0.800. The summed E-state index contributed by atoms with van der Waals surface area (Å²) in [7, 11) is 0. The van der Waals surface area contributed by atoms with E-state index < -0.39 is 12.3 Å². The Bertz CT molecular complexity index is 190. The van der Waals surface area contributed by atoms with Crippen LogP contribution in [0.3, 0.4) is 0 Å². The molecule has 0 saturated carbocycles. The van der Waals surface area contributed by atoms with Gasteiger partial charge in [-0.2, -0.15) is 0 Å². The van der Waals surface area contributed by atoms with Gasteiger partial charge in [0, 0.05) is 13.2 Å². The minimum atomic E-state index is -1.50. The van der Waals surface area contributed by atoms with Gasteiger partial charge in [-0.15, -0.1) is 0 Å². The summed E-state index contributed by atoms with van der Waals surface area (Å²) in [5, 5.41) is 19.1. The van der Waals surface area contributed by atoms with Crippen LogP contribution in [0.15, 0.2) is 0 Å². The maximum Gasteiger partial charge on any atom is 2.00 e. The Kier molecular flexibility index (Phi) is 24.0. The normalized spacial score (nSPS) is 8.53. The Morgan fingerprint density at radius 1 is 0.789 bits per heavy atom. The first-order valence-corrected chi connectivity index (χ1v) is 5.37. The van der Waals surface area contributed by atoms with Crippen molar-refractivity contribution in [2.75, 3.05) is 39.6 Å². The van der Waals surface area contributed by atoms with E-state index in [1.807, 2.05) is 13.8 Å². The van der Waals surface area contributed by atoms with Crippen LogP contribution in [0, 0.1) is 0 Å². The molecular weight excluding hydrogens is 272 g/mol. The Balaban J connectivity index is -0.000000256. The molecule has 0 aliphatic rings. The quantitative estimate of drug-likeness (QED) is 0.297. The van der Waals surface area contributed by atoms with Crippen molar-refractivity contribution in [1.29, 1.82) is 0 Å². The zero-order chi connectivity index (χ0) is 14.2. The molecule has 0 radical (unpaired) electrons. The average Bonchev–Trinajstić information content (AvgIpc) is 2.31. The van der Waals surface area contributed by atoms with Crippen molar-refractivity contribution >= 4 is 35.4 Å². The van der Waals surface area contributed by atoms with E-state index in [1.165, 1.54) is 0 Å². The van der Waals surface area contributed by atoms with Gasteiger partial charge in [0.2, 0.25) is 0 Å². The van der Waals surface area contributed by atoms with Gasteiger partial charge in [-0.3, -0.25) is 0 Å². The van der Waals surface area contributed by atoms with Crippen molar-refractivity contribution in [3.05, 3.63) is 0 Å². The molecular formula is C10H18MgO8. The topological polar surface area (TPSA) is 117 Å². The van der Waals surface area contributed by atoms with Crippen molar-refractivity contribution in [1.82, 2.24) is 0 Å². The van der Waals surface area contributed by atoms with Crippen LogP contribution in [0.1, 0.15) is 13.8 Å². The maximum absolute atomic E-state index is 9.57. The van der Waals surface area contributed by atoms with Gasteiger partial charge in [-0.05, 0) is 13.8 Å². The molecule has 0 unspecified atom stereocenters. The summed E-state index contributed by atoms with van der Waals surface area (Å²) in [5.74, 6) is 0. The summed E-state index contributed by atoms with van der Waals surface area (Å²) >= 11 is 0. The van der Waals surface area contributed by atoms with Crippen LogP contribution in [-0.2, 0) is 18.9 Å². The molecule has 0 spiro atoms. The smallest absolute Gasteiger partial charge is 0.547 e. The zero-order valence-corrected chi connectivity index (χ0v) is 12.6. The summed E-state index contributed by atoms with van der Waals surface area (Å²) in [5.41, 5.74) is 0. The summed E-state index contributed by atoms with van der Waals surface area (Å²) in [6.45, 7) is 5.46. The van der Waals surface area contributed by atoms with Gasteiger partial charge in [0.05, 0.1) is 26.4 Å². The van der Waals surface area contributed by atoms with Gasteiger partial charge in [0.1, 0.15) is 0 Å². The van der Waals surface area contributed by atoms with Gasteiger partial charge in [-0.25, -0.2) is 0 Å². The molecule has 0 aromatic rings. The molecule has 0 saturated heterocycles. The van der Waals surface area contributed by atoms with Crippen molar-refractivity contribution < 1.29 is 38.7 Å². The van der Waals surface area contributed by atoms with Crippen LogP contribution in [-0.4, -0.2) is 75.0 Å². The minimum absolute atomic E-state index is 0. The third kappa shape index (κ3) is 31.7. The molecule has 9 heteroatoms. The number of rotatable bonds is 8. The summed E-state index contributed by atoms with van der Waals surface area (Å²) < 4.78 is 17.6. The zero-order valence-electron chi connectivity index (χ0n) is 11.2. The van der Waals surface area contributed by atoms with E-state index in [0.29, 0.717) is 26.4 Å². The Hall–Kier alpha value is -0.774. The molecule has 0 aliphatic heterocycles. The molecule has 0 heterocycles. The van der Waals surface area contributed by atoms with Crippen molar-refractivity contribution in [2.24, 2.45) is 0 Å². The van der Waals surface area contributed by atoms with Crippen LogP contribution in [0.4, 0.5) is 9.59 Å². The van der Waals surface area contributed by atoms with E-state index in [1.54, 1.807) is 0 Å². The number of hydrogen-bond acceptors (Lipinski definition) is 8.